The van der Waals surface area contributed by atoms with E-state index in [2.05, 4.69) is 69.4 Å². The third-order valence-electron chi connectivity index (χ3n) is 10.3. The van der Waals surface area contributed by atoms with Crippen LogP contribution in [0.15, 0.2) is 48.6 Å². The molecule has 0 heterocycles. The highest BCUT2D eigenvalue weighted by molar-refractivity contribution is 5.71. The lowest BCUT2D eigenvalue weighted by Crippen LogP contribution is -2.30. The normalized spacial score (nSPS) is 12.4. The fourth-order valence-electron chi connectivity index (χ4n) is 6.67. The molecule has 0 amide bonds. The number of carbonyl (C=O) groups is 3. The lowest BCUT2D eigenvalue weighted by molar-refractivity contribution is -0.167. The number of allylic oxidation sites excluding steroid dienone is 8. The van der Waals surface area contributed by atoms with E-state index in [9.17, 15) is 14.4 Å². The van der Waals surface area contributed by atoms with Crippen molar-refractivity contribution in [2.24, 2.45) is 0 Å². The molecule has 1 atom stereocenters. The Kier molecular flexibility index (Phi) is 43.9. The number of unbranched alkanes of at least 4 members (excludes halogenated alkanes) is 24. The molecule has 0 rings (SSSR count). The van der Waals surface area contributed by atoms with Crippen LogP contribution in [0.25, 0.3) is 0 Å². The number of esters is 3. The molecule has 0 radical (unpaired) electrons. The molecule has 6 heteroatoms. The van der Waals surface area contributed by atoms with E-state index in [1.807, 2.05) is 0 Å². The zero-order valence-electron chi connectivity index (χ0n) is 37.6. The van der Waals surface area contributed by atoms with E-state index in [1.54, 1.807) is 0 Å². The van der Waals surface area contributed by atoms with E-state index in [-0.39, 0.29) is 31.1 Å². The zero-order valence-corrected chi connectivity index (χ0v) is 37.6. The van der Waals surface area contributed by atoms with Gasteiger partial charge in [-0.15, -0.1) is 0 Å². The molecular weight excluding hydrogens is 709 g/mol. The van der Waals surface area contributed by atoms with E-state index in [0.717, 1.165) is 96.3 Å². The molecule has 0 bridgehead atoms. The van der Waals surface area contributed by atoms with Crippen molar-refractivity contribution in [2.75, 3.05) is 13.2 Å². The minimum absolute atomic E-state index is 0.0832. The largest absolute Gasteiger partial charge is 0.462 e. The standard InChI is InChI=1S/C51H90O6/c1-4-7-10-13-16-19-22-24-26-29-32-35-38-41-44-50(53)56-47-48(46-55-49(52)43-40-37-34-31-28-21-18-15-12-9-6-3)57-51(54)45-42-39-36-33-30-27-25-23-20-17-14-11-8-5-2/h7,10,15-16,18-19,24,26,48H,4-6,8-9,11-14,17,20-23,25,27-47H2,1-3H3/b10-7-,18-15-,19-16-,26-24-. The van der Waals surface area contributed by atoms with Gasteiger partial charge in [-0.3, -0.25) is 14.4 Å². The fourth-order valence-corrected chi connectivity index (χ4v) is 6.67. The maximum Gasteiger partial charge on any atom is 0.306 e. The number of hydrogen-bond acceptors (Lipinski definition) is 6. The quantitative estimate of drug-likeness (QED) is 0.0265. The number of rotatable bonds is 43. The topological polar surface area (TPSA) is 78.9 Å². The molecule has 0 aliphatic rings. The molecule has 0 aliphatic heterocycles. The van der Waals surface area contributed by atoms with Crippen molar-refractivity contribution in [3.63, 3.8) is 0 Å². The van der Waals surface area contributed by atoms with Crippen molar-refractivity contribution in [1.29, 1.82) is 0 Å². The summed E-state index contributed by atoms with van der Waals surface area (Å²) in [6.07, 6.45) is 53.8. The van der Waals surface area contributed by atoms with Gasteiger partial charge in [0.25, 0.3) is 0 Å². The minimum atomic E-state index is -0.781. The number of ether oxygens (including phenoxy) is 3. The second-order valence-electron chi connectivity index (χ2n) is 16.0. The summed E-state index contributed by atoms with van der Waals surface area (Å²) in [4.78, 5) is 37.8. The Morgan fingerprint density at radius 1 is 0.368 bits per heavy atom. The van der Waals surface area contributed by atoms with Gasteiger partial charge in [-0.25, -0.2) is 0 Å². The Hall–Kier alpha value is -2.63. The Labute approximate surface area is 352 Å². The highest BCUT2D eigenvalue weighted by atomic mass is 16.6. The van der Waals surface area contributed by atoms with Gasteiger partial charge in [0.1, 0.15) is 13.2 Å². The Balaban J connectivity index is 4.40. The van der Waals surface area contributed by atoms with E-state index in [4.69, 9.17) is 14.2 Å². The van der Waals surface area contributed by atoms with Gasteiger partial charge in [0.2, 0.25) is 0 Å². The van der Waals surface area contributed by atoms with Crippen LogP contribution in [0.5, 0.6) is 0 Å². The van der Waals surface area contributed by atoms with Crippen molar-refractivity contribution in [3.8, 4) is 0 Å². The van der Waals surface area contributed by atoms with E-state index in [0.29, 0.717) is 19.3 Å². The Morgan fingerprint density at radius 3 is 1.14 bits per heavy atom. The van der Waals surface area contributed by atoms with E-state index < -0.39 is 6.10 Å². The van der Waals surface area contributed by atoms with Gasteiger partial charge < -0.3 is 14.2 Å². The average Bonchev–Trinajstić information content (AvgIpc) is 3.21. The van der Waals surface area contributed by atoms with Crippen LogP contribution >= 0.6 is 0 Å². The third kappa shape index (κ3) is 44.3. The molecule has 0 N–H and O–H groups in total. The smallest absolute Gasteiger partial charge is 0.306 e. The highest BCUT2D eigenvalue weighted by Crippen LogP contribution is 2.15. The Bertz CT molecular complexity index is 1010. The number of carbonyl (C=O) groups excluding carboxylic acids is 3. The second-order valence-corrected chi connectivity index (χ2v) is 16.0. The molecule has 57 heavy (non-hydrogen) atoms. The van der Waals surface area contributed by atoms with Crippen molar-refractivity contribution < 1.29 is 28.6 Å². The van der Waals surface area contributed by atoms with Crippen LogP contribution < -0.4 is 0 Å². The second kappa shape index (κ2) is 46.1. The van der Waals surface area contributed by atoms with Crippen LogP contribution in [0.4, 0.5) is 0 Å². The SMILES string of the molecule is CC/C=C\C/C=C\C/C=C\CCCCCCC(=O)OCC(COC(=O)CCCCCCC/C=C\CCCC)OC(=O)CCCCCCCCCCCCCCCC. The van der Waals surface area contributed by atoms with Gasteiger partial charge in [-0.05, 0) is 70.6 Å². The monoisotopic (exact) mass is 799 g/mol. The molecule has 0 saturated heterocycles. The maximum atomic E-state index is 12.7. The molecule has 330 valence electrons. The van der Waals surface area contributed by atoms with Crippen molar-refractivity contribution in [1.82, 2.24) is 0 Å². The summed E-state index contributed by atoms with van der Waals surface area (Å²) in [5.74, 6) is -0.911. The lowest BCUT2D eigenvalue weighted by atomic mass is 10.0. The predicted molar refractivity (Wildman–Crippen MR) is 242 cm³/mol. The van der Waals surface area contributed by atoms with Crippen LogP contribution in [0, 0.1) is 0 Å². The first-order chi connectivity index (χ1) is 28.0. The first-order valence-corrected chi connectivity index (χ1v) is 24.1. The fraction of sp³-hybridized carbons (Fsp3) is 0.784. The molecule has 0 spiro atoms. The van der Waals surface area contributed by atoms with Gasteiger partial charge in [-0.1, -0.05) is 198 Å². The molecule has 0 aromatic carbocycles. The van der Waals surface area contributed by atoms with Crippen molar-refractivity contribution in [3.05, 3.63) is 48.6 Å². The van der Waals surface area contributed by atoms with E-state index in [1.165, 1.54) is 103 Å². The molecule has 6 nitrogen and oxygen atoms in total. The van der Waals surface area contributed by atoms with E-state index >= 15 is 0 Å². The summed E-state index contributed by atoms with van der Waals surface area (Å²) in [5, 5.41) is 0. The van der Waals surface area contributed by atoms with Crippen molar-refractivity contribution in [2.45, 2.75) is 245 Å². The van der Waals surface area contributed by atoms with Crippen LogP contribution in [0.2, 0.25) is 0 Å². The first kappa shape index (κ1) is 54.4. The summed E-state index contributed by atoms with van der Waals surface area (Å²) < 4.78 is 16.7. The summed E-state index contributed by atoms with van der Waals surface area (Å²) in [7, 11) is 0. The molecule has 0 aliphatic carbocycles. The van der Waals surface area contributed by atoms with Gasteiger partial charge >= 0.3 is 17.9 Å². The summed E-state index contributed by atoms with van der Waals surface area (Å²) in [5.41, 5.74) is 0. The summed E-state index contributed by atoms with van der Waals surface area (Å²) in [6.45, 7) is 6.46. The lowest BCUT2D eigenvalue weighted by Gasteiger charge is -2.18. The maximum absolute atomic E-state index is 12.7. The van der Waals surface area contributed by atoms with Gasteiger partial charge in [-0.2, -0.15) is 0 Å². The third-order valence-corrected chi connectivity index (χ3v) is 10.3. The van der Waals surface area contributed by atoms with Crippen LogP contribution in [-0.4, -0.2) is 37.2 Å². The summed E-state index contributed by atoms with van der Waals surface area (Å²) in [6, 6.07) is 0. The van der Waals surface area contributed by atoms with Crippen LogP contribution in [-0.2, 0) is 28.6 Å². The molecule has 0 aromatic rings. The predicted octanol–water partition coefficient (Wildman–Crippen LogP) is 15.5. The number of hydrogen-bond donors (Lipinski definition) is 0. The van der Waals surface area contributed by atoms with Gasteiger partial charge in [0.05, 0.1) is 0 Å². The first-order valence-electron chi connectivity index (χ1n) is 24.1. The molecule has 0 fully saturated rings. The van der Waals surface area contributed by atoms with Crippen LogP contribution in [0.3, 0.4) is 0 Å². The van der Waals surface area contributed by atoms with Crippen LogP contribution in [0.1, 0.15) is 239 Å². The molecular formula is C51H90O6. The van der Waals surface area contributed by atoms with Gasteiger partial charge in [0, 0.05) is 19.3 Å². The average molecular weight is 799 g/mol. The highest BCUT2D eigenvalue weighted by Gasteiger charge is 2.19. The molecule has 0 saturated carbocycles. The minimum Gasteiger partial charge on any atom is -0.462 e. The van der Waals surface area contributed by atoms with Gasteiger partial charge in [0.15, 0.2) is 6.10 Å². The molecule has 1 unspecified atom stereocenters. The van der Waals surface area contributed by atoms with Crippen molar-refractivity contribution >= 4 is 17.9 Å². The Morgan fingerprint density at radius 2 is 0.702 bits per heavy atom. The molecule has 0 aromatic heterocycles. The zero-order chi connectivity index (χ0) is 41.5. The summed E-state index contributed by atoms with van der Waals surface area (Å²) >= 11 is 0.